The standard InChI is InChI=1S/C18H14BrF2NO3/c1-10-14-8-12(19)5-6-15(14)25-16(10)17(23)22-9-11-3-2-4-13(7-11)24-18(20)21/h2-8,18H,9H2,1H3,(H,22,23). The second kappa shape index (κ2) is 7.23. The number of alkyl halides is 2. The summed E-state index contributed by atoms with van der Waals surface area (Å²) in [5.41, 5.74) is 2.00. The average molecular weight is 410 g/mol. The van der Waals surface area contributed by atoms with Crippen LogP contribution >= 0.6 is 15.9 Å². The van der Waals surface area contributed by atoms with Crippen LogP contribution in [0.4, 0.5) is 8.78 Å². The Kier molecular flexibility index (Phi) is 5.03. The van der Waals surface area contributed by atoms with Gasteiger partial charge in [0.25, 0.3) is 5.91 Å². The molecule has 130 valence electrons. The van der Waals surface area contributed by atoms with E-state index in [1.807, 2.05) is 19.1 Å². The lowest BCUT2D eigenvalue weighted by Gasteiger charge is -2.07. The van der Waals surface area contributed by atoms with Crippen molar-refractivity contribution in [2.75, 3.05) is 0 Å². The highest BCUT2D eigenvalue weighted by molar-refractivity contribution is 9.10. The molecule has 0 unspecified atom stereocenters. The number of carbonyl (C=O) groups excluding carboxylic acids is 1. The molecule has 4 nitrogen and oxygen atoms in total. The first-order valence-corrected chi connectivity index (χ1v) is 8.24. The zero-order valence-corrected chi connectivity index (χ0v) is 14.8. The van der Waals surface area contributed by atoms with Crippen molar-refractivity contribution in [3.8, 4) is 5.75 Å². The van der Waals surface area contributed by atoms with Crippen LogP contribution in [0.2, 0.25) is 0 Å². The van der Waals surface area contributed by atoms with Gasteiger partial charge in [-0.1, -0.05) is 28.1 Å². The quantitative estimate of drug-likeness (QED) is 0.642. The van der Waals surface area contributed by atoms with Gasteiger partial charge in [0.2, 0.25) is 0 Å². The molecular weight excluding hydrogens is 396 g/mol. The van der Waals surface area contributed by atoms with Crippen LogP contribution in [-0.2, 0) is 6.54 Å². The maximum Gasteiger partial charge on any atom is 0.387 e. The molecule has 0 atom stereocenters. The van der Waals surface area contributed by atoms with Crippen molar-refractivity contribution in [3.05, 3.63) is 63.8 Å². The SMILES string of the molecule is Cc1c(C(=O)NCc2cccc(OC(F)F)c2)oc2ccc(Br)cc12. The summed E-state index contributed by atoms with van der Waals surface area (Å²) in [6.45, 7) is -0.911. The number of amides is 1. The fourth-order valence-electron chi connectivity index (χ4n) is 2.50. The molecule has 3 rings (SSSR count). The van der Waals surface area contributed by atoms with Crippen LogP contribution in [0.1, 0.15) is 21.7 Å². The largest absolute Gasteiger partial charge is 0.451 e. The summed E-state index contributed by atoms with van der Waals surface area (Å²) in [5, 5.41) is 3.58. The number of aryl methyl sites for hydroxylation is 1. The van der Waals surface area contributed by atoms with Gasteiger partial charge in [-0.25, -0.2) is 0 Å². The number of hydrogen-bond acceptors (Lipinski definition) is 3. The average Bonchev–Trinajstić information content (AvgIpc) is 2.89. The van der Waals surface area contributed by atoms with Crippen LogP contribution in [0.25, 0.3) is 11.0 Å². The molecule has 1 N–H and O–H groups in total. The summed E-state index contributed by atoms with van der Waals surface area (Å²) in [6.07, 6.45) is 0. The molecular formula is C18H14BrF2NO3. The lowest BCUT2D eigenvalue weighted by Crippen LogP contribution is -2.23. The Morgan fingerprint density at radius 2 is 2.08 bits per heavy atom. The molecule has 1 amide bonds. The predicted octanol–water partition coefficient (Wildman–Crippen LogP) is 5.04. The number of carbonyl (C=O) groups is 1. The Morgan fingerprint density at radius 3 is 2.84 bits per heavy atom. The van der Waals surface area contributed by atoms with Crippen molar-refractivity contribution < 1.29 is 22.7 Å². The molecule has 2 aromatic carbocycles. The monoisotopic (exact) mass is 409 g/mol. The summed E-state index contributed by atoms with van der Waals surface area (Å²) < 4.78 is 35.4. The molecule has 0 spiro atoms. The molecule has 0 radical (unpaired) electrons. The molecule has 0 aliphatic heterocycles. The number of ether oxygens (including phenoxy) is 1. The van der Waals surface area contributed by atoms with Gasteiger partial charge in [0.1, 0.15) is 11.3 Å². The Hall–Kier alpha value is -2.41. The topological polar surface area (TPSA) is 51.5 Å². The molecule has 0 saturated heterocycles. The highest BCUT2D eigenvalue weighted by Crippen LogP contribution is 2.28. The van der Waals surface area contributed by atoms with E-state index in [1.165, 1.54) is 12.1 Å². The van der Waals surface area contributed by atoms with Gasteiger partial charge in [0.05, 0.1) is 0 Å². The molecule has 0 fully saturated rings. The maximum atomic E-state index is 12.4. The predicted molar refractivity (Wildman–Crippen MR) is 92.9 cm³/mol. The van der Waals surface area contributed by atoms with Gasteiger partial charge in [-0.2, -0.15) is 8.78 Å². The van der Waals surface area contributed by atoms with E-state index in [1.54, 1.807) is 18.2 Å². The highest BCUT2D eigenvalue weighted by atomic mass is 79.9. The summed E-state index contributed by atoms with van der Waals surface area (Å²) in [5.74, 6) is -0.0930. The Bertz CT molecular complexity index is 924. The lowest BCUT2D eigenvalue weighted by atomic mass is 10.1. The van der Waals surface area contributed by atoms with Gasteiger partial charge in [0, 0.05) is 22.0 Å². The zero-order chi connectivity index (χ0) is 18.0. The molecule has 25 heavy (non-hydrogen) atoms. The smallest absolute Gasteiger partial charge is 0.387 e. The van der Waals surface area contributed by atoms with Crippen molar-refractivity contribution in [2.45, 2.75) is 20.1 Å². The summed E-state index contributed by atoms with van der Waals surface area (Å²) in [7, 11) is 0. The van der Waals surface area contributed by atoms with E-state index in [0.717, 1.165) is 15.4 Å². The maximum absolute atomic E-state index is 12.4. The summed E-state index contributed by atoms with van der Waals surface area (Å²) >= 11 is 3.39. The van der Waals surface area contributed by atoms with Crippen LogP contribution in [0.15, 0.2) is 51.4 Å². The van der Waals surface area contributed by atoms with E-state index in [9.17, 15) is 13.6 Å². The van der Waals surface area contributed by atoms with E-state index in [-0.39, 0.29) is 24.0 Å². The first kappa shape index (κ1) is 17.4. The Labute approximate surface area is 150 Å². The number of rotatable bonds is 5. The second-order valence-electron chi connectivity index (χ2n) is 5.41. The third kappa shape index (κ3) is 3.99. The molecule has 1 aromatic heterocycles. The number of halogens is 3. The van der Waals surface area contributed by atoms with Gasteiger partial charge < -0.3 is 14.5 Å². The van der Waals surface area contributed by atoms with Gasteiger partial charge in [-0.05, 0) is 42.8 Å². The number of benzene rings is 2. The number of hydrogen-bond donors (Lipinski definition) is 1. The minimum absolute atomic E-state index is 0.0477. The van der Waals surface area contributed by atoms with Crippen molar-refractivity contribution in [2.24, 2.45) is 0 Å². The van der Waals surface area contributed by atoms with Gasteiger partial charge in [0.15, 0.2) is 5.76 Å². The molecule has 3 aromatic rings. The third-order valence-electron chi connectivity index (χ3n) is 3.68. The Balaban J connectivity index is 1.74. The van der Waals surface area contributed by atoms with Crippen LogP contribution in [0.3, 0.4) is 0 Å². The summed E-state index contributed by atoms with van der Waals surface area (Å²) in [4.78, 5) is 12.4. The highest BCUT2D eigenvalue weighted by Gasteiger charge is 2.17. The summed E-state index contributed by atoms with van der Waals surface area (Å²) in [6, 6.07) is 11.7. The molecule has 7 heteroatoms. The number of nitrogens with one attached hydrogen (secondary N) is 1. The molecule has 0 aliphatic carbocycles. The normalized spacial score (nSPS) is 11.1. The van der Waals surface area contributed by atoms with Crippen molar-refractivity contribution in [1.82, 2.24) is 5.32 Å². The van der Waals surface area contributed by atoms with Gasteiger partial charge in [-0.3, -0.25) is 4.79 Å². The van der Waals surface area contributed by atoms with Crippen molar-refractivity contribution in [1.29, 1.82) is 0 Å². The fraction of sp³-hybridized carbons (Fsp3) is 0.167. The first-order chi connectivity index (χ1) is 11.9. The Morgan fingerprint density at radius 1 is 1.28 bits per heavy atom. The van der Waals surface area contributed by atoms with Crippen molar-refractivity contribution >= 4 is 32.8 Å². The van der Waals surface area contributed by atoms with Gasteiger partial charge in [-0.15, -0.1) is 0 Å². The number of fused-ring (bicyclic) bond motifs is 1. The molecule has 0 aliphatic rings. The number of furan rings is 1. The molecule has 0 saturated carbocycles. The first-order valence-electron chi connectivity index (χ1n) is 7.44. The van der Waals surface area contributed by atoms with Crippen LogP contribution in [0.5, 0.6) is 5.75 Å². The van der Waals surface area contributed by atoms with Crippen LogP contribution < -0.4 is 10.1 Å². The lowest BCUT2D eigenvalue weighted by molar-refractivity contribution is -0.0498. The van der Waals surface area contributed by atoms with E-state index < -0.39 is 6.61 Å². The second-order valence-corrected chi connectivity index (χ2v) is 6.32. The molecule has 1 heterocycles. The van der Waals surface area contributed by atoms with Gasteiger partial charge >= 0.3 is 6.61 Å². The van der Waals surface area contributed by atoms with Crippen LogP contribution in [0, 0.1) is 6.92 Å². The van der Waals surface area contributed by atoms with E-state index in [2.05, 4.69) is 26.0 Å². The van der Waals surface area contributed by atoms with E-state index in [0.29, 0.717) is 11.1 Å². The van der Waals surface area contributed by atoms with Crippen molar-refractivity contribution in [3.63, 3.8) is 0 Å². The minimum Gasteiger partial charge on any atom is -0.451 e. The fourth-order valence-corrected chi connectivity index (χ4v) is 2.87. The zero-order valence-electron chi connectivity index (χ0n) is 13.2. The van der Waals surface area contributed by atoms with E-state index in [4.69, 9.17) is 4.42 Å². The van der Waals surface area contributed by atoms with E-state index >= 15 is 0 Å². The molecule has 0 bridgehead atoms. The minimum atomic E-state index is -2.89. The third-order valence-corrected chi connectivity index (χ3v) is 4.17. The van der Waals surface area contributed by atoms with Crippen LogP contribution in [-0.4, -0.2) is 12.5 Å².